The fraction of sp³-hybridized carbons (Fsp3) is 0.0588. The second kappa shape index (κ2) is 5.54. The van der Waals surface area contributed by atoms with Crippen molar-refractivity contribution in [3.8, 4) is 29.3 Å². The van der Waals surface area contributed by atoms with E-state index < -0.39 is 0 Å². The van der Waals surface area contributed by atoms with Gasteiger partial charge in [0.15, 0.2) is 0 Å². The summed E-state index contributed by atoms with van der Waals surface area (Å²) in [6.45, 7) is 2.16. The molecule has 4 heteroatoms. The highest BCUT2D eigenvalue weighted by atomic mass is 32.1. The molecule has 0 aliphatic rings. The number of aryl methyl sites for hydroxylation is 1. The fourth-order valence-corrected chi connectivity index (χ4v) is 6.09. The largest absolute Gasteiger partial charge is 0.143 e. The van der Waals surface area contributed by atoms with Crippen LogP contribution in [0.1, 0.15) is 4.88 Å². The van der Waals surface area contributed by atoms with E-state index in [-0.39, 0.29) is 0 Å². The molecule has 4 aromatic rings. The first-order valence-electron chi connectivity index (χ1n) is 6.60. The van der Waals surface area contributed by atoms with Crippen LogP contribution in [0.4, 0.5) is 0 Å². The Morgan fingerprint density at radius 1 is 0.571 bits per heavy atom. The van der Waals surface area contributed by atoms with Gasteiger partial charge in [0.1, 0.15) is 0 Å². The van der Waals surface area contributed by atoms with Crippen molar-refractivity contribution in [2.45, 2.75) is 6.92 Å². The molecule has 0 aliphatic carbocycles. The van der Waals surface area contributed by atoms with Crippen LogP contribution in [0.5, 0.6) is 0 Å². The molecule has 0 saturated carbocycles. The Labute approximate surface area is 140 Å². The number of hydrogen-bond donors (Lipinski definition) is 0. The molecule has 0 amide bonds. The van der Waals surface area contributed by atoms with Crippen LogP contribution in [0, 0.1) is 6.92 Å². The molecule has 0 bridgehead atoms. The van der Waals surface area contributed by atoms with Gasteiger partial charge in [-0.05, 0) is 54.8 Å². The summed E-state index contributed by atoms with van der Waals surface area (Å²) in [4.78, 5) is 9.56. The van der Waals surface area contributed by atoms with Crippen molar-refractivity contribution in [3.63, 3.8) is 0 Å². The second-order valence-electron chi connectivity index (χ2n) is 4.72. The normalized spacial score (nSPS) is 11.1. The number of hydrogen-bond acceptors (Lipinski definition) is 4. The molecule has 4 aromatic heterocycles. The molecule has 0 unspecified atom stereocenters. The molecular formula is C17H12S4. The fourth-order valence-electron chi connectivity index (χ4n) is 2.19. The van der Waals surface area contributed by atoms with Gasteiger partial charge in [-0.25, -0.2) is 0 Å². The maximum absolute atomic E-state index is 2.25. The highest BCUT2D eigenvalue weighted by Gasteiger charge is 2.10. The molecule has 0 N–H and O–H groups in total. The molecule has 0 aromatic carbocycles. The van der Waals surface area contributed by atoms with Crippen LogP contribution in [-0.2, 0) is 0 Å². The molecule has 0 spiro atoms. The summed E-state index contributed by atoms with van der Waals surface area (Å²) >= 11 is 7.44. The zero-order valence-corrected chi connectivity index (χ0v) is 14.6. The van der Waals surface area contributed by atoms with E-state index in [0.29, 0.717) is 0 Å². The number of rotatable bonds is 3. The third kappa shape index (κ3) is 2.64. The first-order chi connectivity index (χ1) is 10.3. The van der Waals surface area contributed by atoms with Crippen LogP contribution in [0.15, 0.2) is 53.9 Å². The zero-order chi connectivity index (χ0) is 14.2. The van der Waals surface area contributed by atoms with E-state index in [9.17, 15) is 0 Å². The highest BCUT2D eigenvalue weighted by molar-refractivity contribution is 7.28. The highest BCUT2D eigenvalue weighted by Crippen LogP contribution is 2.42. The minimum atomic E-state index is 1.36. The predicted octanol–water partition coefficient (Wildman–Crippen LogP) is 7.24. The Kier molecular flexibility index (Phi) is 3.55. The van der Waals surface area contributed by atoms with Crippen molar-refractivity contribution in [2.24, 2.45) is 0 Å². The maximum atomic E-state index is 2.25. The van der Waals surface area contributed by atoms with Crippen LogP contribution in [0.25, 0.3) is 29.3 Å². The topological polar surface area (TPSA) is 0 Å². The van der Waals surface area contributed by atoms with Crippen LogP contribution in [0.2, 0.25) is 0 Å². The minimum Gasteiger partial charge on any atom is -0.143 e. The molecule has 21 heavy (non-hydrogen) atoms. The lowest BCUT2D eigenvalue weighted by Gasteiger charge is -1.91. The summed E-state index contributed by atoms with van der Waals surface area (Å²) in [5, 5.41) is 2.14. The lowest BCUT2D eigenvalue weighted by molar-refractivity contribution is 1.64. The summed E-state index contributed by atoms with van der Waals surface area (Å²) in [7, 11) is 0. The van der Waals surface area contributed by atoms with Crippen LogP contribution in [-0.4, -0.2) is 0 Å². The van der Waals surface area contributed by atoms with Crippen molar-refractivity contribution >= 4 is 45.3 Å². The lowest BCUT2D eigenvalue weighted by atomic mass is 10.3. The number of thiophene rings is 4. The van der Waals surface area contributed by atoms with Gasteiger partial charge in [0.25, 0.3) is 0 Å². The van der Waals surface area contributed by atoms with Gasteiger partial charge in [-0.3, -0.25) is 0 Å². The van der Waals surface area contributed by atoms with Gasteiger partial charge in [0.05, 0.1) is 0 Å². The van der Waals surface area contributed by atoms with Crippen molar-refractivity contribution < 1.29 is 0 Å². The molecule has 0 aliphatic heterocycles. The molecule has 0 saturated heterocycles. The molecule has 0 nitrogen and oxygen atoms in total. The average molecular weight is 345 g/mol. The van der Waals surface area contributed by atoms with E-state index >= 15 is 0 Å². The van der Waals surface area contributed by atoms with Crippen molar-refractivity contribution in [2.75, 3.05) is 0 Å². The van der Waals surface area contributed by atoms with Crippen LogP contribution in [0.3, 0.4) is 0 Å². The first-order valence-corrected chi connectivity index (χ1v) is 9.93. The summed E-state index contributed by atoms with van der Waals surface area (Å²) in [5.74, 6) is 0. The average Bonchev–Trinajstić information content (AvgIpc) is 3.25. The van der Waals surface area contributed by atoms with Crippen molar-refractivity contribution in [3.05, 3.63) is 58.8 Å². The monoisotopic (exact) mass is 344 g/mol. The third-order valence-electron chi connectivity index (χ3n) is 3.20. The van der Waals surface area contributed by atoms with Crippen LogP contribution < -0.4 is 0 Å². The maximum Gasteiger partial charge on any atom is 0.0449 e. The Balaban J connectivity index is 1.67. The molecule has 4 rings (SSSR count). The van der Waals surface area contributed by atoms with Crippen molar-refractivity contribution in [1.82, 2.24) is 0 Å². The molecular weight excluding hydrogens is 332 g/mol. The SMILES string of the molecule is Cc1ccc(-c2ccc(-c3ccc(-c4cccs4)s3)s2)s1. The van der Waals surface area contributed by atoms with Gasteiger partial charge in [0, 0.05) is 34.1 Å². The Bertz CT molecular complexity index is 858. The van der Waals surface area contributed by atoms with Gasteiger partial charge in [-0.15, -0.1) is 45.3 Å². The van der Waals surface area contributed by atoms with Crippen molar-refractivity contribution in [1.29, 1.82) is 0 Å². The summed E-state index contributed by atoms with van der Waals surface area (Å²) in [5.41, 5.74) is 0. The first kappa shape index (κ1) is 13.5. The lowest BCUT2D eigenvalue weighted by Crippen LogP contribution is -1.58. The molecule has 0 fully saturated rings. The van der Waals surface area contributed by atoms with Crippen LogP contribution >= 0.6 is 45.3 Å². The Morgan fingerprint density at radius 2 is 1.10 bits per heavy atom. The summed E-state index contributed by atoms with van der Waals surface area (Å²) < 4.78 is 0. The molecule has 4 heterocycles. The Hall–Kier alpha value is -1.20. The smallest absolute Gasteiger partial charge is 0.0449 e. The standard InChI is InChI=1S/C17H12S4/c1-11-4-5-14(19-11)15-8-9-17(21-15)16-7-6-13(20-16)12-3-2-10-18-12/h2-10H,1H3. The van der Waals surface area contributed by atoms with E-state index in [1.54, 1.807) is 11.3 Å². The quantitative estimate of drug-likeness (QED) is 0.367. The van der Waals surface area contributed by atoms with Gasteiger partial charge in [-0.2, -0.15) is 0 Å². The summed E-state index contributed by atoms with van der Waals surface area (Å²) in [6.07, 6.45) is 0. The predicted molar refractivity (Wildman–Crippen MR) is 99.0 cm³/mol. The van der Waals surface area contributed by atoms with Gasteiger partial charge in [0.2, 0.25) is 0 Å². The van der Waals surface area contributed by atoms with Gasteiger partial charge < -0.3 is 0 Å². The molecule has 104 valence electrons. The van der Waals surface area contributed by atoms with Gasteiger partial charge >= 0.3 is 0 Å². The van der Waals surface area contributed by atoms with E-state index in [1.165, 1.54) is 34.1 Å². The minimum absolute atomic E-state index is 1.36. The third-order valence-corrected chi connectivity index (χ3v) is 7.83. The zero-order valence-electron chi connectivity index (χ0n) is 11.3. The van der Waals surface area contributed by atoms with E-state index in [1.807, 2.05) is 34.0 Å². The summed E-state index contributed by atoms with van der Waals surface area (Å²) in [6, 6.07) is 17.7. The van der Waals surface area contributed by atoms with E-state index in [0.717, 1.165) is 0 Å². The Morgan fingerprint density at radius 3 is 1.57 bits per heavy atom. The second-order valence-corrected chi connectivity index (χ2v) is 9.12. The molecule has 0 atom stereocenters. The van der Waals surface area contributed by atoms with Gasteiger partial charge in [-0.1, -0.05) is 6.07 Å². The molecule has 0 radical (unpaired) electrons. The van der Waals surface area contributed by atoms with E-state index in [4.69, 9.17) is 0 Å². The van der Waals surface area contributed by atoms with E-state index in [2.05, 4.69) is 60.8 Å².